The van der Waals surface area contributed by atoms with Crippen LogP contribution in [0.25, 0.3) is 21.5 Å². The first-order valence-corrected chi connectivity index (χ1v) is 10.3. The van der Waals surface area contributed by atoms with Crippen molar-refractivity contribution >= 4 is 43.3 Å². The van der Waals surface area contributed by atoms with E-state index >= 15 is 0 Å². The lowest BCUT2D eigenvalue weighted by Crippen LogP contribution is -2.11. The summed E-state index contributed by atoms with van der Waals surface area (Å²) in [6, 6.07) is 9.95. The minimum absolute atomic E-state index is 0.0282. The van der Waals surface area contributed by atoms with Crippen molar-refractivity contribution in [2.75, 3.05) is 5.32 Å². The van der Waals surface area contributed by atoms with Gasteiger partial charge in [0.25, 0.3) is 0 Å². The number of halogens is 1. The number of nitrogens with zero attached hydrogens (tertiary/aromatic N) is 3. The first-order valence-electron chi connectivity index (χ1n) is 8.60. The molecule has 0 spiro atoms. The summed E-state index contributed by atoms with van der Waals surface area (Å²) in [5, 5.41) is 10.8. The van der Waals surface area contributed by atoms with Crippen molar-refractivity contribution in [1.29, 1.82) is 0 Å². The lowest BCUT2D eigenvalue weighted by atomic mass is 9.87. The molecule has 0 atom stereocenters. The summed E-state index contributed by atoms with van der Waals surface area (Å²) in [4.78, 5) is 9.86. The molecule has 0 bridgehead atoms. The zero-order valence-electron chi connectivity index (χ0n) is 15.3. The summed E-state index contributed by atoms with van der Waals surface area (Å²) >= 11 is 5.09. The topological polar surface area (TPSA) is 63.8 Å². The zero-order valence-corrected chi connectivity index (χ0v) is 17.7. The number of thiophene rings is 1. The molecule has 0 aliphatic rings. The summed E-state index contributed by atoms with van der Waals surface area (Å²) in [5.74, 6) is 1.58. The predicted octanol–water partition coefficient (Wildman–Crippen LogP) is 6.02. The van der Waals surface area contributed by atoms with E-state index in [2.05, 4.69) is 62.5 Å². The third kappa shape index (κ3) is 3.75. The number of anilines is 1. The Hall–Kier alpha value is -2.25. The second-order valence-electron chi connectivity index (χ2n) is 7.34. The fraction of sp³-hybridized carbons (Fsp3) is 0.250. The molecular weight excluding hydrogens is 424 g/mol. The van der Waals surface area contributed by atoms with E-state index in [0.29, 0.717) is 6.54 Å². The molecule has 1 aromatic carbocycles. The van der Waals surface area contributed by atoms with Crippen LogP contribution < -0.4 is 5.32 Å². The van der Waals surface area contributed by atoms with E-state index < -0.39 is 0 Å². The minimum atomic E-state index is 0.0282. The van der Waals surface area contributed by atoms with Crippen LogP contribution in [0.15, 0.2) is 51.0 Å². The van der Waals surface area contributed by atoms with Gasteiger partial charge in [-0.05, 0) is 28.5 Å². The number of hydrogen-bond donors (Lipinski definition) is 1. The Morgan fingerprint density at radius 2 is 1.93 bits per heavy atom. The van der Waals surface area contributed by atoms with Gasteiger partial charge in [-0.15, -0.1) is 11.3 Å². The van der Waals surface area contributed by atoms with Crippen molar-refractivity contribution in [3.05, 3.63) is 57.8 Å². The van der Waals surface area contributed by atoms with Gasteiger partial charge in [-0.1, -0.05) is 54.0 Å². The van der Waals surface area contributed by atoms with E-state index in [4.69, 9.17) is 4.52 Å². The molecule has 3 aromatic heterocycles. The molecule has 3 heterocycles. The van der Waals surface area contributed by atoms with Crippen LogP contribution in [0.1, 0.15) is 32.1 Å². The molecule has 0 unspecified atom stereocenters. The van der Waals surface area contributed by atoms with Crippen LogP contribution in [0.2, 0.25) is 0 Å². The van der Waals surface area contributed by atoms with Crippen molar-refractivity contribution in [3.63, 3.8) is 0 Å². The maximum Gasteiger partial charge on any atom is 0.156 e. The smallest absolute Gasteiger partial charge is 0.156 e. The zero-order chi connectivity index (χ0) is 19.0. The van der Waals surface area contributed by atoms with Gasteiger partial charge in [0.15, 0.2) is 5.76 Å². The molecule has 0 saturated heterocycles. The van der Waals surface area contributed by atoms with E-state index in [1.54, 1.807) is 17.7 Å². The summed E-state index contributed by atoms with van der Waals surface area (Å²) in [5.41, 5.74) is 3.11. The first-order chi connectivity index (χ1) is 12.9. The van der Waals surface area contributed by atoms with Crippen molar-refractivity contribution in [1.82, 2.24) is 15.1 Å². The predicted molar refractivity (Wildman–Crippen MR) is 113 cm³/mol. The molecule has 0 aliphatic heterocycles. The SMILES string of the molecule is CC(C)(C)c1csc2ncnc(NCc3cc(-c4ccc(Br)cc4)no3)c12. The van der Waals surface area contributed by atoms with Crippen LogP contribution in [0.4, 0.5) is 5.82 Å². The summed E-state index contributed by atoms with van der Waals surface area (Å²) in [6.45, 7) is 7.11. The molecule has 7 heteroatoms. The highest BCUT2D eigenvalue weighted by atomic mass is 79.9. The van der Waals surface area contributed by atoms with Gasteiger partial charge < -0.3 is 9.84 Å². The Balaban J connectivity index is 1.58. The Morgan fingerprint density at radius 1 is 1.15 bits per heavy atom. The molecule has 0 saturated carbocycles. The third-order valence-electron chi connectivity index (χ3n) is 4.31. The monoisotopic (exact) mass is 442 g/mol. The Morgan fingerprint density at radius 3 is 2.67 bits per heavy atom. The van der Waals surface area contributed by atoms with Gasteiger partial charge in [-0.2, -0.15) is 0 Å². The Bertz CT molecular complexity index is 1080. The third-order valence-corrected chi connectivity index (χ3v) is 5.72. The molecule has 0 aliphatic carbocycles. The molecule has 0 radical (unpaired) electrons. The van der Waals surface area contributed by atoms with Crippen LogP contribution >= 0.6 is 27.3 Å². The summed E-state index contributed by atoms with van der Waals surface area (Å²) < 4.78 is 6.53. The maximum atomic E-state index is 5.50. The number of nitrogens with one attached hydrogen (secondary N) is 1. The minimum Gasteiger partial charge on any atom is -0.362 e. The lowest BCUT2D eigenvalue weighted by molar-refractivity contribution is 0.390. The summed E-state index contributed by atoms with van der Waals surface area (Å²) in [6.07, 6.45) is 1.60. The second-order valence-corrected chi connectivity index (χ2v) is 9.11. The van der Waals surface area contributed by atoms with Gasteiger partial charge in [0.2, 0.25) is 0 Å². The number of benzene rings is 1. The number of aromatic nitrogens is 3. The number of fused-ring (bicyclic) bond motifs is 1. The second kappa shape index (κ2) is 7.05. The van der Waals surface area contributed by atoms with Crippen molar-refractivity contribution < 1.29 is 4.52 Å². The highest BCUT2D eigenvalue weighted by Crippen LogP contribution is 2.37. The number of rotatable bonds is 4. The molecule has 4 aromatic rings. The Labute approximate surface area is 170 Å². The van der Waals surface area contributed by atoms with E-state index in [-0.39, 0.29) is 5.41 Å². The van der Waals surface area contributed by atoms with Gasteiger partial charge in [0.05, 0.1) is 11.9 Å². The van der Waals surface area contributed by atoms with Crippen LogP contribution in [-0.4, -0.2) is 15.1 Å². The largest absolute Gasteiger partial charge is 0.362 e. The van der Waals surface area contributed by atoms with Crippen molar-refractivity contribution in [2.24, 2.45) is 0 Å². The van der Waals surface area contributed by atoms with Crippen LogP contribution in [-0.2, 0) is 12.0 Å². The van der Waals surface area contributed by atoms with E-state index in [0.717, 1.165) is 37.5 Å². The molecule has 0 amide bonds. The van der Waals surface area contributed by atoms with E-state index in [1.165, 1.54) is 5.56 Å². The first kappa shape index (κ1) is 18.1. The van der Waals surface area contributed by atoms with Gasteiger partial charge >= 0.3 is 0 Å². The van der Waals surface area contributed by atoms with Gasteiger partial charge in [-0.3, -0.25) is 0 Å². The maximum absolute atomic E-state index is 5.50. The fourth-order valence-corrected chi connectivity index (χ4v) is 4.28. The van der Waals surface area contributed by atoms with Crippen LogP contribution in [0, 0.1) is 0 Å². The lowest BCUT2D eigenvalue weighted by Gasteiger charge is -2.18. The normalized spacial score (nSPS) is 11.9. The average Bonchev–Trinajstić information content (AvgIpc) is 3.27. The van der Waals surface area contributed by atoms with Crippen LogP contribution in [0.3, 0.4) is 0 Å². The van der Waals surface area contributed by atoms with Crippen LogP contribution in [0.5, 0.6) is 0 Å². The van der Waals surface area contributed by atoms with E-state index in [9.17, 15) is 0 Å². The van der Waals surface area contributed by atoms with Gasteiger partial charge in [-0.25, -0.2) is 9.97 Å². The summed E-state index contributed by atoms with van der Waals surface area (Å²) in [7, 11) is 0. The Kier molecular flexibility index (Phi) is 4.74. The molecule has 1 N–H and O–H groups in total. The fourth-order valence-electron chi connectivity index (χ4n) is 2.88. The molecule has 27 heavy (non-hydrogen) atoms. The number of hydrogen-bond acceptors (Lipinski definition) is 6. The molecule has 4 rings (SSSR count). The molecule has 5 nitrogen and oxygen atoms in total. The highest BCUT2D eigenvalue weighted by Gasteiger charge is 2.21. The molecular formula is C20H19BrN4OS. The molecule has 0 fully saturated rings. The highest BCUT2D eigenvalue weighted by molar-refractivity contribution is 9.10. The van der Waals surface area contributed by atoms with E-state index in [1.807, 2.05) is 30.3 Å². The van der Waals surface area contributed by atoms with Crippen molar-refractivity contribution in [3.8, 4) is 11.3 Å². The van der Waals surface area contributed by atoms with Gasteiger partial charge in [0, 0.05) is 16.1 Å². The molecule has 138 valence electrons. The standard InChI is InChI=1S/C20H19BrN4OS/c1-20(2,3)15-10-27-19-17(15)18(23-11-24-19)22-9-14-8-16(25-26-14)12-4-6-13(21)7-5-12/h4-8,10-11H,9H2,1-3H3,(H,22,23,24). The average molecular weight is 443 g/mol. The quantitative estimate of drug-likeness (QED) is 0.418. The van der Waals surface area contributed by atoms with Crippen molar-refractivity contribution in [2.45, 2.75) is 32.7 Å². The van der Waals surface area contributed by atoms with Gasteiger partial charge in [0.1, 0.15) is 22.7 Å².